The average Bonchev–Trinajstić information content (AvgIpc) is 2.47. The summed E-state index contributed by atoms with van der Waals surface area (Å²) in [5.74, 6) is 0. The quantitative estimate of drug-likeness (QED) is 0.760. The summed E-state index contributed by atoms with van der Waals surface area (Å²) in [5.41, 5.74) is 1.00. The van der Waals surface area contributed by atoms with Crippen LogP contribution in [-0.4, -0.2) is 5.11 Å². The largest absolute Gasteiger partial charge is 0.392 e. The molecule has 1 nitrogen and oxygen atoms in total. The second-order valence-electron chi connectivity index (χ2n) is 2.68. The number of hydrogen-bond donors (Lipinski definition) is 1. The fourth-order valence-corrected chi connectivity index (χ4v) is 4.39. The highest BCUT2D eigenvalue weighted by Gasteiger charge is 2.07. The molecule has 0 spiro atoms. The van der Waals surface area contributed by atoms with E-state index in [1.54, 1.807) is 11.3 Å². The molecule has 0 radical (unpaired) electrons. The summed E-state index contributed by atoms with van der Waals surface area (Å²) >= 11 is 7.47. The van der Waals surface area contributed by atoms with Gasteiger partial charge in [0, 0.05) is 18.1 Å². The van der Waals surface area contributed by atoms with Crippen LogP contribution in [0.25, 0.3) is 10.1 Å². The lowest BCUT2D eigenvalue weighted by molar-refractivity contribution is 0.284. The third kappa shape index (κ3) is 1.77. The summed E-state index contributed by atoms with van der Waals surface area (Å²) in [6.07, 6.45) is 0. The highest BCUT2D eigenvalue weighted by atomic mass is 127. The Kier molecular flexibility index (Phi) is 2.92. The van der Waals surface area contributed by atoms with E-state index in [4.69, 9.17) is 5.11 Å². The Morgan fingerprint density at radius 2 is 2.23 bits per heavy atom. The van der Waals surface area contributed by atoms with Crippen molar-refractivity contribution in [2.24, 2.45) is 0 Å². The van der Waals surface area contributed by atoms with Gasteiger partial charge in [-0.2, -0.15) is 0 Å². The Morgan fingerprint density at radius 3 is 2.92 bits per heavy atom. The minimum atomic E-state index is 0.110. The van der Waals surface area contributed by atoms with E-state index < -0.39 is 0 Å². The van der Waals surface area contributed by atoms with Crippen LogP contribution in [0, 0.1) is 3.57 Å². The summed E-state index contributed by atoms with van der Waals surface area (Å²) in [6, 6.07) is 4.19. The predicted octanol–water partition coefficient (Wildman–Crippen LogP) is 3.76. The van der Waals surface area contributed by atoms with Crippen LogP contribution >= 0.6 is 49.9 Å². The summed E-state index contributed by atoms with van der Waals surface area (Å²) in [6.45, 7) is 0.110. The molecule has 68 valence electrons. The molecule has 1 heterocycles. The van der Waals surface area contributed by atoms with E-state index in [2.05, 4.69) is 50.7 Å². The van der Waals surface area contributed by atoms with Crippen molar-refractivity contribution < 1.29 is 5.11 Å². The number of rotatable bonds is 1. The van der Waals surface area contributed by atoms with Crippen molar-refractivity contribution >= 4 is 59.9 Å². The summed E-state index contributed by atoms with van der Waals surface area (Å²) < 4.78 is 3.51. The van der Waals surface area contributed by atoms with Gasteiger partial charge >= 0.3 is 0 Å². The third-order valence-electron chi connectivity index (χ3n) is 1.84. The molecule has 1 aromatic carbocycles. The van der Waals surface area contributed by atoms with Crippen LogP contribution in [0.4, 0.5) is 0 Å². The lowest BCUT2D eigenvalue weighted by Crippen LogP contribution is -1.80. The Hall–Kier alpha value is 0.350. The Morgan fingerprint density at radius 1 is 1.46 bits per heavy atom. The maximum atomic E-state index is 9.10. The van der Waals surface area contributed by atoms with Gasteiger partial charge in [-0.25, -0.2) is 0 Å². The van der Waals surface area contributed by atoms with Gasteiger partial charge in [0.05, 0.1) is 6.61 Å². The van der Waals surface area contributed by atoms with E-state index in [0.29, 0.717) is 0 Å². The molecule has 0 amide bonds. The normalized spacial score (nSPS) is 11.0. The topological polar surface area (TPSA) is 20.2 Å². The van der Waals surface area contributed by atoms with Crippen molar-refractivity contribution in [3.8, 4) is 0 Å². The molecular weight excluding hydrogens is 363 g/mol. The smallest absolute Gasteiger partial charge is 0.0696 e. The van der Waals surface area contributed by atoms with Crippen molar-refractivity contribution in [1.29, 1.82) is 0 Å². The minimum absolute atomic E-state index is 0.110. The van der Waals surface area contributed by atoms with E-state index in [1.165, 1.54) is 8.27 Å². The standard InChI is InChI=1S/C9H6BrIOS/c10-7-1-6(11)2-8-9(7)5(3-12)4-13-8/h1-2,4,12H,3H2. The zero-order chi connectivity index (χ0) is 9.42. The average molecular weight is 369 g/mol. The third-order valence-corrected chi connectivity index (χ3v) is 4.06. The van der Waals surface area contributed by atoms with Gasteiger partial charge in [-0.3, -0.25) is 0 Å². The van der Waals surface area contributed by atoms with Crippen LogP contribution in [0.2, 0.25) is 0 Å². The van der Waals surface area contributed by atoms with E-state index in [0.717, 1.165) is 15.4 Å². The first-order valence-corrected chi connectivity index (χ1v) is 6.43. The second-order valence-corrected chi connectivity index (χ2v) is 5.69. The number of hydrogen-bond acceptors (Lipinski definition) is 2. The van der Waals surface area contributed by atoms with E-state index in [-0.39, 0.29) is 6.61 Å². The summed E-state index contributed by atoms with van der Waals surface area (Å²) in [5, 5.41) is 12.3. The SMILES string of the molecule is OCc1csc2cc(I)cc(Br)c12. The van der Waals surface area contributed by atoms with Crippen LogP contribution < -0.4 is 0 Å². The second kappa shape index (κ2) is 3.84. The van der Waals surface area contributed by atoms with E-state index in [1.807, 2.05) is 5.38 Å². The fourth-order valence-electron chi connectivity index (χ4n) is 1.26. The van der Waals surface area contributed by atoms with Crippen LogP contribution in [0.1, 0.15) is 5.56 Å². The molecule has 2 rings (SSSR count). The summed E-state index contributed by atoms with van der Waals surface area (Å²) in [4.78, 5) is 0. The molecule has 1 N–H and O–H groups in total. The van der Waals surface area contributed by atoms with Crippen molar-refractivity contribution in [2.45, 2.75) is 6.61 Å². The van der Waals surface area contributed by atoms with Crippen molar-refractivity contribution in [2.75, 3.05) is 0 Å². The molecule has 0 saturated heterocycles. The van der Waals surface area contributed by atoms with Gasteiger partial charge in [-0.05, 0) is 45.7 Å². The van der Waals surface area contributed by atoms with Crippen LogP contribution in [0.5, 0.6) is 0 Å². The van der Waals surface area contributed by atoms with Gasteiger partial charge in [-0.1, -0.05) is 15.9 Å². The highest BCUT2D eigenvalue weighted by Crippen LogP contribution is 2.33. The van der Waals surface area contributed by atoms with Gasteiger partial charge < -0.3 is 5.11 Å². The molecule has 1 aromatic heterocycles. The molecule has 0 aliphatic heterocycles. The highest BCUT2D eigenvalue weighted by molar-refractivity contribution is 14.1. The molecule has 0 aliphatic rings. The number of thiophene rings is 1. The minimum Gasteiger partial charge on any atom is -0.392 e. The van der Waals surface area contributed by atoms with Crippen LogP contribution in [-0.2, 0) is 6.61 Å². The molecule has 0 bridgehead atoms. The van der Waals surface area contributed by atoms with Crippen molar-refractivity contribution in [3.05, 3.63) is 31.1 Å². The fraction of sp³-hybridized carbons (Fsp3) is 0.111. The first-order valence-electron chi connectivity index (χ1n) is 3.68. The molecule has 0 atom stereocenters. The van der Waals surface area contributed by atoms with Crippen LogP contribution in [0.15, 0.2) is 22.0 Å². The molecule has 0 aliphatic carbocycles. The Labute approximate surface area is 102 Å². The lowest BCUT2D eigenvalue weighted by Gasteiger charge is -1.98. The molecule has 0 fully saturated rings. The zero-order valence-electron chi connectivity index (χ0n) is 6.55. The summed E-state index contributed by atoms with van der Waals surface area (Å²) in [7, 11) is 0. The number of benzene rings is 1. The number of halogens is 2. The van der Waals surface area contributed by atoms with Gasteiger partial charge in [0.15, 0.2) is 0 Å². The lowest BCUT2D eigenvalue weighted by atomic mass is 10.2. The number of fused-ring (bicyclic) bond motifs is 1. The number of aliphatic hydroxyl groups is 1. The van der Waals surface area contributed by atoms with Gasteiger partial charge in [0.25, 0.3) is 0 Å². The van der Waals surface area contributed by atoms with Crippen molar-refractivity contribution in [3.63, 3.8) is 0 Å². The molecule has 0 saturated carbocycles. The van der Waals surface area contributed by atoms with Gasteiger partial charge in [0.2, 0.25) is 0 Å². The Bertz CT molecular complexity index is 452. The maximum Gasteiger partial charge on any atom is 0.0696 e. The van der Waals surface area contributed by atoms with Crippen molar-refractivity contribution in [1.82, 2.24) is 0 Å². The van der Waals surface area contributed by atoms with Gasteiger partial charge in [0.1, 0.15) is 0 Å². The van der Waals surface area contributed by atoms with E-state index >= 15 is 0 Å². The van der Waals surface area contributed by atoms with E-state index in [9.17, 15) is 0 Å². The molecular formula is C9H6BrIOS. The predicted molar refractivity (Wildman–Crippen MR) is 68.2 cm³/mol. The Balaban J connectivity index is 2.82. The molecule has 2 aromatic rings. The molecule has 13 heavy (non-hydrogen) atoms. The molecule has 0 unspecified atom stereocenters. The maximum absolute atomic E-state index is 9.10. The van der Waals surface area contributed by atoms with Crippen LogP contribution in [0.3, 0.4) is 0 Å². The monoisotopic (exact) mass is 368 g/mol. The zero-order valence-corrected chi connectivity index (χ0v) is 11.1. The molecule has 4 heteroatoms. The van der Waals surface area contributed by atoms with Gasteiger partial charge in [-0.15, -0.1) is 11.3 Å². The first kappa shape index (κ1) is 9.89. The first-order chi connectivity index (χ1) is 6.22. The number of aliphatic hydroxyl groups excluding tert-OH is 1.